The second kappa shape index (κ2) is 8.56. The molecule has 1 aliphatic carbocycles. The minimum Gasteiger partial charge on any atom is -0.467 e. The Morgan fingerprint density at radius 3 is 2.48 bits per heavy atom. The van der Waals surface area contributed by atoms with Gasteiger partial charge in [0.05, 0.1) is 18.6 Å². The first-order valence-electron chi connectivity index (χ1n) is 10.7. The van der Waals surface area contributed by atoms with Crippen molar-refractivity contribution in [1.82, 2.24) is 10.2 Å². The molecular formula is C23H32N2O4. The highest BCUT2D eigenvalue weighted by Gasteiger charge is 2.55. The molecule has 0 radical (unpaired) electrons. The van der Waals surface area contributed by atoms with Gasteiger partial charge in [-0.3, -0.25) is 9.59 Å². The van der Waals surface area contributed by atoms with Crippen LogP contribution < -0.4 is 5.32 Å². The highest BCUT2D eigenvalue weighted by molar-refractivity contribution is 6.02. The van der Waals surface area contributed by atoms with E-state index < -0.39 is 23.5 Å². The van der Waals surface area contributed by atoms with Gasteiger partial charge in [-0.2, -0.15) is 0 Å². The summed E-state index contributed by atoms with van der Waals surface area (Å²) in [5.74, 6) is -1.17. The molecule has 29 heavy (non-hydrogen) atoms. The van der Waals surface area contributed by atoms with E-state index >= 15 is 0 Å². The quantitative estimate of drug-likeness (QED) is 0.769. The molecule has 0 aromatic heterocycles. The average molecular weight is 401 g/mol. The van der Waals surface area contributed by atoms with Crippen molar-refractivity contribution < 1.29 is 19.1 Å². The van der Waals surface area contributed by atoms with Gasteiger partial charge in [-0.1, -0.05) is 44.4 Å². The summed E-state index contributed by atoms with van der Waals surface area (Å²) < 4.78 is 4.78. The number of methoxy groups -OCH3 is 1. The number of nitrogens with one attached hydrogen (secondary N) is 1. The Balaban J connectivity index is 2.13. The van der Waals surface area contributed by atoms with Crippen LogP contribution in [0.3, 0.4) is 0 Å². The summed E-state index contributed by atoms with van der Waals surface area (Å²) in [4.78, 5) is 41.0. The largest absolute Gasteiger partial charge is 0.467 e. The number of hydrogen-bond acceptors (Lipinski definition) is 4. The fourth-order valence-electron chi connectivity index (χ4n) is 5.14. The summed E-state index contributed by atoms with van der Waals surface area (Å²) in [5, 5.41) is 2.85. The van der Waals surface area contributed by atoms with E-state index in [1.165, 1.54) is 7.11 Å². The van der Waals surface area contributed by atoms with E-state index in [0.29, 0.717) is 5.56 Å². The predicted octanol–water partition coefficient (Wildman–Crippen LogP) is 3.41. The summed E-state index contributed by atoms with van der Waals surface area (Å²) in [6, 6.07) is 6.72. The van der Waals surface area contributed by atoms with Crippen molar-refractivity contribution >= 4 is 17.8 Å². The lowest BCUT2D eigenvalue weighted by Crippen LogP contribution is -2.65. The van der Waals surface area contributed by atoms with Crippen LogP contribution in [-0.4, -0.2) is 47.4 Å². The van der Waals surface area contributed by atoms with Crippen molar-refractivity contribution in [1.29, 1.82) is 0 Å². The number of ether oxygens (including phenoxy) is 1. The lowest BCUT2D eigenvalue weighted by atomic mass is 9.64. The number of nitrogens with zero attached hydrogens (tertiary/aromatic N) is 1. The van der Waals surface area contributed by atoms with Crippen molar-refractivity contribution in [3.8, 4) is 0 Å². The number of amides is 2. The maximum atomic E-state index is 13.6. The zero-order valence-corrected chi connectivity index (χ0v) is 17.9. The van der Waals surface area contributed by atoms with E-state index in [2.05, 4.69) is 19.2 Å². The van der Waals surface area contributed by atoms with Gasteiger partial charge >= 0.3 is 5.97 Å². The molecule has 6 heteroatoms. The van der Waals surface area contributed by atoms with Gasteiger partial charge in [0, 0.05) is 11.6 Å². The third-order valence-corrected chi connectivity index (χ3v) is 6.66. The molecule has 6 nitrogen and oxygen atoms in total. The van der Waals surface area contributed by atoms with Crippen molar-refractivity contribution in [2.45, 2.75) is 82.8 Å². The molecule has 1 fully saturated rings. The van der Waals surface area contributed by atoms with Crippen molar-refractivity contribution in [2.75, 3.05) is 7.11 Å². The Morgan fingerprint density at radius 2 is 1.86 bits per heavy atom. The van der Waals surface area contributed by atoms with Crippen LogP contribution in [0.4, 0.5) is 0 Å². The van der Waals surface area contributed by atoms with Crippen LogP contribution in [-0.2, 0) is 14.3 Å². The van der Waals surface area contributed by atoms with Gasteiger partial charge in [-0.25, -0.2) is 4.79 Å². The number of esters is 1. The van der Waals surface area contributed by atoms with Crippen LogP contribution in [0.1, 0.15) is 81.1 Å². The zero-order valence-electron chi connectivity index (χ0n) is 17.9. The summed E-state index contributed by atoms with van der Waals surface area (Å²) in [5.41, 5.74) is 0.808. The molecule has 1 aromatic rings. The lowest BCUT2D eigenvalue weighted by molar-refractivity contribution is -0.145. The minimum atomic E-state index is -0.741. The summed E-state index contributed by atoms with van der Waals surface area (Å²) >= 11 is 0. The van der Waals surface area contributed by atoms with Gasteiger partial charge < -0.3 is 15.0 Å². The molecule has 1 aromatic carbocycles. The molecule has 1 saturated carbocycles. The average Bonchev–Trinajstić information content (AvgIpc) is 2.73. The Morgan fingerprint density at radius 1 is 1.21 bits per heavy atom. The molecule has 3 rings (SSSR count). The maximum Gasteiger partial charge on any atom is 0.328 e. The van der Waals surface area contributed by atoms with E-state index in [4.69, 9.17) is 4.74 Å². The predicted molar refractivity (Wildman–Crippen MR) is 111 cm³/mol. The van der Waals surface area contributed by atoms with Gasteiger partial charge in [0.25, 0.3) is 5.91 Å². The molecule has 1 N–H and O–H groups in total. The van der Waals surface area contributed by atoms with Crippen LogP contribution in [0.2, 0.25) is 0 Å². The SMILES string of the molecule is CCC(C)N1C(=O)c2ccccc2C(C(=O)NC(C)C(=O)OC)C12CCCCC2. The molecule has 2 aliphatic rings. The first-order valence-corrected chi connectivity index (χ1v) is 10.7. The summed E-state index contributed by atoms with van der Waals surface area (Å²) in [6.45, 7) is 5.77. The number of benzene rings is 1. The molecule has 0 saturated heterocycles. The van der Waals surface area contributed by atoms with Crippen LogP contribution >= 0.6 is 0 Å². The van der Waals surface area contributed by atoms with Crippen LogP contribution in [0.15, 0.2) is 24.3 Å². The summed E-state index contributed by atoms with van der Waals surface area (Å²) in [6.07, 6.45) is 5.49. The third kappa shape index (κ3) is 3.65. The second-order valence-electron chi connectivity index (χ2n) is 8.37. The first-order chi connectivity index (χ1) is 13.9. The highest BCUT2D eigenvalue weighted by atomic mass is 16.5. The molecular weight excluding hydrogens is 368 g/mol. The Bertz CT molecular complexity index is 785. The molecule has 2 amide bonds. The van der Waals surface area contributed by atoms with Crippen LogP contribution in [0, 0.1) is 0 Å². The van der Waals surface area contributed by atoms with E-state index in [1.807, 2.05) is 29.2 Å². The topological polar surface area (TPSA) is 75.7 Å². The summed E-state index contributed by atoms with van der Waals surface area (Å²) in [7, 11) is 1.31. The van der Waals surface area contributed by atoms with Crippen molar-refractivity contribution in [3.05, 3.63) is 35.4 Å². The molecule has 1 heterocycles. The number of carbonyl (C=O) groups is 3. The molecule has 3 atom stereocenters. The van der Waals surface area contributed by atoms with Gasteiger partial charge in [-0.15, -0.1) is 0 Å². The molecule has 0 bridgehead atoms. The highest BCUT2D eigenvalue weighted by Crippen LogP contribution is 2.50. The number of hydrogen-bond donors (Lipinski definition) is 1. The Hall–Kier alpha value is -2.37. The Kier molecular flexibility index (Phi) is 6.30. The van der Waals surface area contributed by atoms with E-state index in [1.54, 1.807) is 6.92 Å². The monoisotopic (exact) mass is 400 g/mol. The smallest absolute Gasteiger partial charge is 0.328 e. The van der Waals surface area contributed by atoms with Gasteiger partial charge in [0.2, 0.25) is 5.91 Å². The first kappa shape index (κ1) is 21.3. The maximum absolute atomic E-state index is 13.6. The normalized spacial score (nSPS) is 22.6. The Labute approximate surface area is 173 Å². The second-order valence-corrected chi connectivity index (χ2v) is 8.37. The van der Waals surface area contributed by atoms with Gasteiger partial charge in [0.1, 0.15) is 6.04 Å². The molecule has 3 unspecified atom stereocenters. The fraction of sp³-hybridized carbons (Fsp3) is 0.609. The minimum absolute atomic E-state index is 0.0157. The van der Waals surface area contributed by atoms with E-state index in [-0.39, 0.29) is 17.9 Å². The van der Waals surface area contributed by atoms with Gasteiger partial charge in [-0.05, 0) is 44.7 Å². The van der Waals surface area contributed by atoms with E-state index in [0.717, 1.165) is 44.1 Å². The van der Waals surface area contributed by atoms with Crippen molar-refractivity contribution in [2.24, 2.45) is 0 Å². The number of carbonyl (C=O) groups excluding carboxylic acids is 3. The third-order valence-electron chi connectivity index (χ3n) is 6.66. The zero-order chi connectivity index (χ0) is 21.2. The van der Waals surface area contributed by atoms with Crippen LogP contribution in [0.25, 0.3) is 0 Å². The van der Waals surface area contributed by atoms with Crippen molar-refractivity contribution in [3.63, 3.8) is 0 Å². The van der Waals surface area contributed by atoms with Gasteiger partial charge in [0.15, 0.2) is 0 Å². The lowest BCUT2D eigenvalue weighted by Gasteiger charge is -2.55. The number of rotatable bonds is 5. The molecule has 1 aliphatic heterocycles. The fourth-order valence-corrected chi connectivity index (χ4v) is 5.14. The van der Waals surface area contributed by atoms with Crippen LogP contribution in [0.5, 0.6) is 0 Å². The molecule has 158 valence electrons. The molecule has 1 spiro atoms. The van der Waals surface area contributed by atoms with E-state index in [9.17, 15) is 14.4 Å². The number of fused-ring (bicyclic) bond motifs is 1. The standard InChI is InChI=1S/C23H32N2O4/c1-5-15(2)25-21(27)18-12-8-7-11-17(18)19(23(25)13-9-6-10-14-23)20(26)24-16(3)22(28)29-4/h7-8,11-12,15-16,19H,5-6,9-10,13-14H2,1-4H3,(H,24,26).